The zero-order chi connectivity index (χ0) is 17.3. The zero-order valence-electron chi connectivity index (χ0n) is 13.0. The number of urea groups is 1. The van der Waals surface area contributed by atoms with Crippen LogP contribution in [0.5, 0.6) is 0 Å². The number of esters is 1. The fraction of sp³-hybridized carbons (Fsp3) is 0.333. The van der Waals surface area contributed by atoms with Gasteiger partial charge in [0.1, 0.15) is 6.04 Å². The van der Waals surface area contributed by atoms with E-state index in [1.54, 1.807) is 44.2 Å². The van der Waals surface area contributed by atoms with Crippen molar-refractivity contribution in [3.8, 4) is 0 Å². The van der Waals surface area contributed by atoms with E-state index in [9.17, 15) is 18.0 Å². The molecule has 23 heavy (non-hydrogen) atoms. The second kappa shape index (κ2) is 8.94. The summed E-state index contributed by atoms with van der Waals surface area (Å²) in [6, 6.07) is 6.89. The van der Waals surface area contributed by atoms with Crippen molar-refractivity contribution in [1.82, 2.24) is 10.0 Å². The van der Waals surface area contributed by atoms with Gasteiger partial charge in [-0.1, -0.05) is 37.3 Å². The van der Waals surface area contributed by atoms with Crippen LogP contribution in [0.4, 0.5) is 4.79 Å². The molecule has 1 rings (SSSR count). The quantitative estimate of drug-likeness (QED) is 0.735. The third kappa shape index (κ3) is 6.96. The molecule has 0 aliphatic carbocycles. The minimum atomic E-state index is -3.97. The largest absolute Gasteiger partial charge is 0.464 e. The molecule has 1 aromatic carbocycles. The van der Waals surface area contributed by atoms with Crippen LogP contribution < -0.4 is 10.0 Å². The molecule has 2 N–H and O–H groups in total. The van der Waals surface area contributed by atoms with Crippen LogP contribution in [0.1, 0.15) is 25.8 Å². The second-order valence-corrected chi connectivity index (χ2v) is 6.11. The summed E-state index contributed by atoms with van der Waals surface area (Å²) in [4.78, 5) is 23.3. The topological polar surface area (TPSA) is 102 Å². The van der Waals surface area contributed by atoms with Crippen LogP contribution in [-0.4, -0.2) is 33.1 Å². The van der Waals surface area contributed by atoms with E-state index in [-0.39, 0.29) is 13.0 Å². The fourth-order valence-corrected chi connectivity index (χ4v) is 2.38. The number of nitrogens with one attached hydrogen (secondary N) is 2. The predicted octanol–water partition coefficient (Wildman–Crippen LogP) is 1.63. The Morgan fingerprint density at radius 3 is 2.43 bits per heavy atom. The normalized spacial score (nSPS) is 12.6. The Hall–Kier alpha value is -2.35. The van der Waals surface area contributed by atoms with Gasteiger partial charge >= 0.3 is 12.0 Å². The molecule has 2 amide bonds. The van der Waals surface area contributed by atoms with Crippen molar-refractivity contribution in [1.29, 1.82) is 0 Å². The van der Waals surface area contributed by atoms with Crippen LogP contribution in [0.3, 0.4) is 0 Å². The molecule has 0 saturated carbocycles. The molecule has 0 bridgehead atoms. The second-order valence-electron chi connectivity index (χ2n) is 4.55. The van der Waals surface area contributed by atoms with Gasteiger partial charge in [-0.15, -0.1) is 0 Å². The molecule has 7 nitrogen and oxygen atoms in total. The summed E-state index contributed by atoms with van der Waals surface area (Å²) in [5, 5.41) is 3.15. The standard InChI is InChI=1S/C15H20N2O5S/c1-3-13(14(18)22-4-2)16-15(19)17-23(20,21)11-10-12-8-6-5-7-9-12/h5-11,13H,3-4H2,1-2H3,(H2,16,17,19). The molecule has 0 saturated heterocycles. The Morgan fingerprint density at radius 2 is 1.87 bits per heavy atom. The summed E-state index contributed by atoms with van der Waals surface area (Å²) in [6.07, 6.45) is 1.64. The first-order chi connectivity index (χ1) is 10.9. The monoisotopic (exact) mass is 340 g/mol. The van der Waals surface area contributed by atoms with E-state index in [1.807, 2.05) is 4.72 Å². The lowest BCUT2D eigenvalue weighted by Crippen LogP contribution is -2.47. The van der Waals surface area contributed by atoms with Gasteiger partial charge in [0.05, 0.1) is 12.0 Å². The van der Waals surface area contributed by atoms with Gasteiger partial charge in [0.15, 0.2) is 0 Å². The first-order valence-corrected chi connectivity index (χ1v) is 8.65. The van der Waals surface area contributed by atoms with Crippen molar-refractivity contribution < 1.29 is 22.7 Å². The fourth-order valence-electron chi connectivity index (χ4n) is 1.65. The molecule has 0 heterocycles. The van der Waals surface area contributed by atoms with Crippen LogP contribution in [0, 0.1) is 0 Å². The number of benzene rings is 1. The van der Waals surface area contributed by atoms with Crippen molar-refractivity contribution in [2.75, 3.05) is 6.61 Å². The predicted molar refractivity (Wildman–Crippen MR) is 86.8 cm³/mol. The molecule has 0 aliphatic rings. The number of carbonyl (C=O) groups excluding carboxylic acids is 2. The zero-order valence-corrected chi connectivity index (χ0v) is 13.8. The number of hydrogen-bond acceptors (Lipinski definition) is 5. The summed E-state index contributed by atoms with van der Waals surface area (Å²) in [7, 11) is -3.97. The number of rotatable bonds is 7. The van der Waals surface area contributed by atoms with Crippen molar-refractivity contribution >= 4 is 28.1 Å². The first-order valence-electron chi connectivity index (χ1n) is 7.11. The molecule has 1 unspecified atom stereocenters. The molecular weight excluding hydrogens is 320 g/mol. The van der Waals surface area contributed by atoms with Crippen molar-refractivity contribution in [3.05, 3.63) is 41.3 Å². The van der Waals surface area contributed by atoms with E-state index < -0.39 is 28.1 Å². The number of amides is 2. The van der Waals surface area contributed by atoms with E-state index in [2.05, 4.69) is 5.32 Å². The molecule has 8 heteroatoms. The smallest absolute Gasteiger partial charge is 0.329 e. The van der Waals surface area contributed by atoms with Gasteiger partial charge in [0.2, 0.25) is 0 Å². The van der Waals surface area contributed by atoms with E-state index in [4.69, 9.17) is 4.74 Å². The minimum absolute atomic E-state index is 0.177. The first kappa shape index (κ1) is 18.7. The summed E-state index contributed by atoms with van der Waals surface area (Å²) >= 11 is 0. The maximum Gasteiger partial charge on any atom is 0.329 e. The third-order valence-corrected chi connectivity index (χ3v) is 3.72. The van der Waals surface area contributed by atoms with Crippen molar-refractivity contribution in [2.24, 2.45) is 0 Å². The van der Waals surface area contributed by atoms with Crippen molar-refractivity contribution in [3.63, 3.8) is 0 Å². The number of hydrogen-bond donors (Lipinski definition) is 2. The number of ether oxygens (including phenoxy) is 1. The highest BCUT2D eigenvalue weighted by molar-refractivity contribution is 7.93. The summed E-state index contributed by atoms with van der Waals surface area (Å²) in [5.41, 5.74) is 0.677. The maximum atomic E-state index is 11.8. The molecule has 0 aliphatic heterocycles. The van der Waals surface area contributed by atoms with E-state index >= 15 is 0 Å². The molecule has 0 radical (unpaired) electrons. The summed E-state index contributed by atoms with van der Waals surface area (Å²) in [5.74, 6) is -0.609. The summed E-state index contributed by atoms with van der Waals surface area (Å²) in [6.45, 7) is 3.49. The van der Waals surface area contributed by atoms with Crippen LogP contribution in [-0.2, 0) is 19.6 Å². The van der Waals surface area contributed by atoms with E-state index in [0.29, 0.717) is 5.56 Å². The molecule has 1 atom stereocenters. The lowest BCUT2D eigenvalue weighted by atomic mass is 10.2. The molecule has 0 spiro atoms. The molecule has 0 fully saturated rings. The highest BCUT2D eigenvalue weighted by atomic mass is 32.2. The lowest BCUT2D eigenvalue weighted by Gasteiger charge is -2.15. The van der Waals surface area contributed by atoms with Gasteiger partial charge < -0.3 is 10.1 Å². The maximum absolute atomic E-state index is 11.8. The van der Waals surface area contributed by atoms with Crippen LogP contribution in [0.25, 0.3) is 6.08 Å². The van der Waals surface area contributed by atoms with Crippen molar-refractivity contribution in [2.45, 2.75) is 26.3 Å². The lowest BCUT2D eigenvalue weighted by molar-refractivity contribution is -0.145. The Labute approximate surface area is 135 Å². The highest BCUT2D eigenvalue weighted by Crippen LogP contribution is 2.03. The Kier molecular flexibility index (Phi) is 7.27. The molecule has 126 valence electrons. The van der Waals surface area contributed by atoms with Gasteiger partial charge in [-0.05, 0) is 25.0 Å². The Morgan fingerprint density at radius 1 is 1.22 bits per heavy atom. The molecule has 1 aromatic rings. The van der Waals surface area contributed by atoms with Gasteiger partial charge in [0.25, 0.3) is 10.0 Å². The highest BCUT2D eigenvalue weighted by Gasteiger charge is 2.21. The Balaban J connectivity index is 2.64. The number of carbonyl (C=O) groups is 2. The minimum Gasteiger partial charge on any atom is -0.464 e. The number of sulfonamides is 1. The van der Waals surface area contributed by atoms with Gasteiger partial charge in [-0.3, -0.25) is 0 Å². The van der Waals surface area contributed by atoms with Crippen LogP contribution >= 0.6 is 0 Å². The van der Waals surface area contributed by atoms with Crippen LogP contribution in [0.2, 0.25) is 0 Å². The van der Waals surface area contributed by atoms with Crippen LogP contribution in [0.15, 0.2) is 35.7 Å². The average molecular weight is 340 g/mol. The average Bonchev–Trinajstić information content (AvgIpc) is 2.51. The SMILES string of the molecule is CCOC(=O)C(CC)NC(=O)NS(=O)(=O)C=Cc1ccccc1. The summed E-state index contributed by atoms with van der Waals surface area (Å²) < 4.78 is 30.2. The van der Waals surface area contributed by atoms with E-state index in [0.717, 1.165) is 5.41 Å². The Bertz CT molecular complexity index is 656. The molecule has 0 aromatic heterocycles. The van der Waals surface area contributed by atoms with Gasteiger partial charge in [0, 0.05) is 0 Å². The van der Waals surface area contributed by atoms with Gasteiger partial charge in [-0.2, -0.15) is 0 Å². The third-order valence-electron chi connectivity index (χ3n) is 2.76. The van der Waals surface area contributed by atoms with Gasteiger partial charge in [-0.25, -0.2) is 22.7 Å². The van der Waals surface area contributed by atoms with E-state index in [1.165, 1.54) is 6.08 Å². The molecular formula is C15H20N2O5S.